The van der Waals surface area contributed by atoms with Crippen LogP contribution in [0.15, 0.2) is 41.6 Å². The van der Waals surface area contributed by atoms with E-state index in [1.165, 1.54) is 12.4 Å². The number of aromatic nitrogens is 2. The molecule has 20 heavy (non-hydrogen) atoms. The number of sulfonamides is 1. The van der Waals surface area contributed by atoms with Crippen molar-refractivity contribution in [2.45, 2.75) is 11.4 Å². The Kier molecular flexibility index (Phi) is 4.53. The minimum atomic E-state index is -3.59. The SMILES string of the molecule is O=S(=O)(NCc1ccccc1C#CCO)c1cn[nH]c1. The van der Waals surface area contributed by atoms with E-state index in [4.69, 9.17) is 5.11 Å². The highest BCUT2D eigenvalue weighted by atomic mass is 32.2. The van der Waals surface area contributed by atoms with Crippen LogP contribution in [-0.4, -0.2) is 30.3 Å². The van der Waals surface area contributed by atoms with E-state index in [2.05, 4.69) is 26.8 Å². The lowest BCUT2D eigenvalue weighted by Gasteiger charge is -2.06. The summed E-state index contributed by atoms with van der Waals surface area (Å²) in [6.07, 6.45) is 2.54. The summed E-state index contributed by atoms with van der Waals surface area (Å²) in [5, 5.41) is 14.8. The number of hydrogen-bond acceptors (Lipinski definition) is 4. The Balaban J connectivity index is 2.16. The van der Waals surface area contributed by atoms with Crippen molar-refractivity contribution in [1.82, 2.24) is 14.9 Å². The second-order valence-corrected chi connectivity index (χ2v) is 5.64. The Morgan fingerprint density at radius 2 is 2.15 bits per heavy atom. The summed E-state index contributed by atoms with van der Waals surface area (Å²) in [4.78, 5) is 0.0800. The van der Waals surface area contributed by atoms with Crippen LogP contribution >= 0.6 is 0 Å². The topological polar surface area (TPSA) is 95.1 Å². The van der Waals surface area contributed by atoms with Crippen LogP contribution in [0.1, 0.15) is 11.1 Å². The van der Waals surface area contributed by atoms with Gasteiger partial charge in [-0.25, -0.2) is 13.1 Å². The van der Waals surface area contributed by atoms with E-state index < -0.39 is 10.0 Å². The first-order chi connectivity index (χ1) is 9.63. The van der Waals surface area contributed by atoms with E-state index >= 15 is 0 Å². The predicted molar refractivity (Wildman–Crippen MR) is 73.0 cm³/mol. The molecule has 6 nitrogen and oxygen atoms in total. The molecule has 7 heteroatoms. The third-order valence-electron chi connectivity index (χ3n) is 2.56. The van der Waals surface area contributed by atoms with Crippen LogP contribution < -0.4 is 4.72 Å². The summed E-state index contributed by atoms with van der Waals surface area (Å²) in [6, 6.07) is 7.14. The Labute approximate surface area is 116 Å². The van der Waals surface area contributed by atoms with Crippen molar-refractivity contribution in [1.29, 1.82) is 0 Å². The molecule has 2 aromatic rings. The van der Waals surface area contributed by atoms with E-state index in [1.807, 2.05) is 0 Å². The molecule has 0 fully saturated rings. The molecule has 0 spiro atoms. The fraction of sp³-hybridized carbons (Fsp3) is 0.154. The molecule has 0 bridgehead atoms. The van der Waals surface area contributed by atoms with Crippen LogP contribution in [0.4, 0.5) is 0 Å². The molecule has 3 N–H and O–H groups in total. The smallest absolute Gasteiger partial charge is 0.243 e. The van der Waals surface area contributed by atoms with Gasteiger partial charge < -0.3 is 5.11 Å². The third-order valence-corrected chi connectivity index (χ3v) is 3.92. The lowest BCUT2D eigenvalue weighted by atomic mass is 10.1. The molecular weight excluding hydrogens is 278 g/mol. The number of hydrogen-bond donors (Lipinski definition) is 3. The molecule has 0 amide bonds. The van der Waals surface area contributed by atoms with Crippen molar-refractivity contribution in [2.75, 3.05) is 6.61 Å². The van der Waals surface area contributed by atoms with Crippen LogP contribution in [-0.2, 0) is 16.6 Å². The second kappa shape index (κ2) is 6.34. The molecule has 104 valence electrons. The number of benzene rings is 1. The van der Waals surface area contributed by atoms with Crippen molar-refractivity contribution in [3.8, 4) is 11.8 Å². The summed E-state index contributed by atoms with van der Waals surface area (Å²) in [6.45, 7) is -0.126. The molecule has 1 aromatic carbocycles. The van der Waals surface area contributed by atoms with Gasteiger partial charge in [-0.15, -0.1) is 0 Å². The van der Waals surface area contributed by atoms with Crippen LogP contribution in [0.2, 0.25) is 0 Å². The van der Waals surface area contributed by atoms with Gasteiger partial charge in [-0.2, -0.15) is 5.10 Å². The first-order valence-electron chi connectivity index (χ1n) is 5.79. The highest BCUT2D eigenvalue weighted by Crippen LogP contribution is 2.10. The molecule has 0 atom stereocenters. The average molecular weight is 291 g/mol. The number of nitrogens with one attached hydrogen (secondary N) is 2. The quantitative estimate of drug-likeness (QED) is 0.703. The van der Waals surface area contributed by atoms with Gasteiger partial charge in [0.25, 0.3) is 0 Å². The minimum absolute atomic E-state index is 0.0800. The normalized spacial score (nSPS) is 10.8. The third kappa shape index (κ3) is 3.45. The minimum Gasteiger partial charge on any atom is -0.384 e. The molecule has 1 aromatic heterocycles. The van der Waals surface area contributed by atoms with Gasteiger partial charge in [-0.1, -0.05) is 30.0 Å². The maximum absolute atomic E-state index is 11.9. The summed E-state index contributed by atoms with van der Waals surface area (Å²) in [5.74, 6) is 5.32. The predicted octanol–water partition coefficient (Wildman–Crippen LogP) is 0.232. The van der Waals surface area contributed by atoms with Gasteiger partial charge in [0, 0.05) is 18.3 Å². The molecule has 1 heterocycles. The maximum Gasteiger partial charge on any atom is 0.243 e. The summed E-state index contributed by atoms with van der Waals surface area (Å²) in [7, 11) is -3.59. The zero-order valence-corrected chi connectivity index (χ0v) is 11.3. The summed E-state index contributed by atoms with van der Waals surface area (Å²) >= 11 is 0. The van der Waals surface area contributed by atoms with Gasteiger partial charge in [-0.05, 0) is 11.6 Å². The van der Waals surface area contributed by atoms with Crippen molar-refractivity contribution in [3.63, 3.8) is 0 Å². The second-order valence-electron chi connectivity index (χ2n) is 3.88. The lowest BCUT2D eigenvalue weighted by molar-refractivity contribution is 0.350. The molecular formula is C13H13N3O3S. The van der Waals surface area contributed by atoms with Crippen molar-refractivity contribution < 1.29 is 13.5 Å². The molecule has 0 unspecified atom stereocenters. The van der Waals surface area contributed by atoms with E-state index in [9.17, 15) is 8.42 Å². The number of rotatable bonds is 4. The van der Waals surface area contributed by atoms with Crippen molar-refractivity contribution in [2.24, 2.45) is 0 Å². The Bertz CT molecular complexity index is 728. The first-order valence-corrected chi connectivity index (χ1v) is 7.28. The number of aliphatic hydroxyl groups is 1. The fourth-order valence-corrected chi connectivity index (χ4v) is 2.48. The zero-order valence-electron chi connectivity index (χ0n) is 10.5. The van der Waals surface area contributed by atoms with E-state index in [0.717, 1.165) is 5.56 Å². The van der Waals surface area contributed by atoms with Gasteiger partial charge in [0.05, 0.1) is 6.20 Å². The standard InChI is InChI=1S/C13H13N3O3S/c17-7-3-6-11-4-1-2-5-12(11)8-16-20(18,19)13-9-14-15-10-13/h1-2,4-5,9-10,16-17H,7-8H2,(H,14,15). The monoisotopic (exact) mass is 291 g/mol. The molecule has 0 radical (unpaired) electrons. The van der Waals surface area contributed by atoms with Crippen LogP contribution in [0.5, 0.6) is 0 Å². The highest BCUT2D eigenvalue weighted by Gasteiger charge is 2.15. The van der Waals surface area contributed by atoms with Crippen molar-refractivity contribution in [3.05, 3.63) is 47.8 Å². The molecule has 0 aliphatic rings. The Morgan fingerprint density at radius 3 is 2.85 bits per heavy atom. The number of H-pyrrole nitrogens is 1. The van der Waals surface area contributed by atoms with Crippen molar-refractivity contribution >= 4 is 10.0 Å². The zero-order chi connectivity index (χ0) is 14.4. The van der Waals surface area contributed by atoms with Gasteiger partial charge >= 0.3 is 0 Å². The van der Waals surface area contributed by atoms with E-state index in [0.29, 0.717) is 5.56 Å². The van der Waals surface area contributed by atoms with E-state index in [-0.39, 0.29) is 18.0 Å². The average Bonchev–Trinajstić information content (AvgIpc) is 2.99. The highest BCUT2D eigenvalue weighted by molar-refractivity contribution is 7.89. The van der Waals surface area contributed by atoms with Gasteiger partial charge in [0.2, 0.25) is 10.0 Å². The number of aliphatic hydroxyl groups excluding tert-OH is 1. The molecule has 0 saturated carbocycles. The molecule has 0 aliphatic carbocycles. The lowest BCUT2D eigenvalue weighted by Crippen LogP contribution is -2.23. The van der Waals surface area contributed by atoms with Crippen LogP contribution in [0.3, 0.4) is 0 Å². The first kappa shape index (κ1) is 14.3. The number of nitrogens with zero attached hydrogens (tertiary/aromatic N) is 1. The largest absolute Gasteiger partial charge is 0.384 e. The summed E-state index contributed by atoms with van der Waals surface area (Å²) < 4.78 is 26.4. The fourth-order valence-electron chi connectivity index (χ4n) is 1.57. The van der Waals surface area contributed by atoms with Crippen LogP contribution in [0.25, 0.3) is 0 Å². The maximum atomic E-state index is 11.9. The van der Waals surface area contributed by atoms with Crippen LogP contribution in [0, 0.1) is 11.8 Å². The summed E-state index contributed by atoms with van der Waals surface area (Å²) in [5.41, 5.74) is 1.41. The Hall–Kier alpha value is -2.14. The molecule has 0 saturated heterocycles. The van der Waals surface area contributed by atoms with E-state index in [1.54, 1.807) is 24.3 Å². The number of aromatic amines is 1. The van der Waals surface area contributed by atoms with Gasteiger partial charge in [-0.3, -0.25) is 5.10 Å². The molecule has 2 rings (SSSR count). The molecule has 0 aliphatic heterocycles. The van der Waals surface area contributed by atoms with Gasteiger partial charge in [0.15, 0.2) is 0 Å². The Morgan fingerprint density at radius 1 is 1.35 bits per heavy atom. The van der Waals surface area contributed by atoms with Gasteiger partial charge in [0.1, 0.15) is 11.5 Å².